The molecule has 1 aromatic rings. The summed E-state index contributed by atoms with van der Waals surface area (Å²) < 4.78 is 27.6. The van der Waals surface area contributed by atoms with Crippen molar-refractivity contribution in [3.63, 3.8) is 0 Å². The Balaban J connectivity index is 2.23. The minimum Gasteiger partial charge on any atom is -0.389 e. The van der Waals surface area contributed by atoms with Crippen molar-refractivity contribution < 1.29 is 13.2 Å². The van der Waals surface area contributed by atoms with E-state index in [0.29, 0.717) is 24.9 Å². The van der Waals surface area contributed by atoms with Gasteiger partial charge in [-0.3, -0.25) is 4.79 Å². The SMILES string of the molecule is CN1CC(NS(=O)(=O)c2ccccc2C(N)=S)CCC1=O. The number of nitrogens with zero attached hydrogens (tertiary/aromatic N) is 1. The van der Waals surface area contributed by atoms with Crippen molar-refractivity contribution in [3.05, 3.63) is 29.8 Å². The molecule has 114 valence electrons. The molecular formula is C13H17N3O3S2. The Hall–Kier alpha value is -1.51. The van der Waals surface area contributed by atoms with Gasteiger partial charge in [0.15, 0.2) is 0 Å². The number of hydrogen-bond acceptors (Lipinski definition) is 4. The first-order valence-electron chi connectivity index (χ1n) is 6.46. The number of amides is 1. The molecule has 0 spiro atoms. The van der Waals surface area contributed by atoms with Crippen LogP contribution in [0.5, 0.6) is 0 Å². The van der Waals surface area contributed by atoms with Crippen LogP contribution in [-0.2, 0) is 14.8 Å². The third kappa shape index (κ3) is 3.58. The van der Waals surface area contributed by atoms with Crippen LogP contribution in [0.1, 0.15) is 18.4 Å². The minimum absolute atomic E-state index is 0.0222. The second kappa shape index (κ2) is 6.08. The Morgan fingerprint density at radius 2 is 2.10 bits per heavy atom. The van der Waals surface area contributed by atoms with Crippen molar-refractivity contribution in [1.29, 1.82) is 0 Å². The molecular weight excluding hydrogens is 310 g/mol. The predicted molar refractivity (Wildman–Crippen MR) is 83.3 cm³/mol. The molecule has 1 aliphatic rings. The molecule has 0 bridgehead atoms. The van der Waals surface area contributed by atoms with Crippen molar-refractivity contribution in [2.24, 2.45) is 5.73 Å². The number of nitrogens with two attached hydrogens (primary N) is 1. The fraction of sp³-hybridized carbons (Fsp3) is 0.385. The van der Waals surface area contributed by atoms with Crippen LogP contribution >= 0.6 is 12.2 Å². The molecule has 1 heterocycles. The van der Waals surface area contributed by atoms with Gasteiger partial charge in [-0.25, -0.2) is 13.1 Å². The molecule has 21 heavy (non-hydrogen) atoms. The smallest absolute Gasteiger partial charge is 0.241 e. The van der Waals surface area contributed by atoms with Gasteiger partial charge in [-0.05, 0) is 12.5 Å². The highest BCUT2D eigenvalue weighted by Crippen LogP contribution is 2.18. The van der Waals surface area contributed by atoms with E-state index in [9.17, 15) is 13.2 Å². The average Bonchev–Trinajstić information content (AvgIpc) is 2.42. The van der Waals surface area contributed by atoms with Crippen LogP contribution in [0, 0.1) is 0 Å². The Labute approximate surface area is 129 Å². The molecule has 1 saturated heterocycles. The summed E-state index contributed by atoms with van der Waals surface area (Å²) in [5.74, 6) is 0.0222. The summed E-state index contributed by atoms with van der Waals surface area (Å²) in [5, 5.41) is 0. The first-order valence-corrected chi connectivity index (χ1v) is 8.35. The number of carbonyl (C=O) groups is 1. The predicted octanol–water partition coefficient (Wildman–Crippen LogP) is 0.220. The van der Waals surface area contributed by atoms with E-state index in [-0.39, 0.29) is 21.8 Å². The summed E-state index contributed by atoms with van der Waals surface area (Å²) in [6.45, 7) is 0.354. The monoisotopic (exact) mass is 327 g/mol. The summed E-state index contributed by atoms with van der Waals surface area (Å²) in [6, 6.07) is 6.03. The van der Waals surface area contributed by atoms with E-state index in [4.69, 9.17) is 18.0 Å². The van der Waals surface area contributed by atoms with E-state index in [2.05, 4.69) is 4.72 Å². The molecule has 3 N–H and O–H groups in total. The van der Waals surface area contributed by atoms with Gasteiger partial charge in [0.1, 0.15) is 4.99 Å². The van der Waals surface area contributed by atoms with Crippen LogP contribution in [-0.4, -0.2) is 43.8 Å². The van der Waals surface area contributed by atoms with Gasteiger partial charge in [0.05, 0.1) is 4.90 Å². The van der Waals surface area contributed by atoms with Crippen molar-refractivity contribution in [2.45, 2.75) is 23.8 Å². The van der Waals surface area contributed by atoms with Crippen LogP contribution in [0.2, 0.25) is 0 Å². The third-order valence-electron chi connectivity index (χ3n) is 3.39. The van der Waals surface area contributed by atoms with Crippen molar-refractivity contribution >= 4 is 33.1 Å². The lowest BCUT2D eigenvalue weighted by atomic mass is 10.1. The number of carbonyl (C=O) groups excluding carboxylic acids is 1. The summed E-state index contributed by atoms with van der Waals surface area (Å²) in [7, 11) is -2.07. The van der Waals surface area contributed by atoms with Gasteiger partial charge < -0.3 is 10.6 Å². The number of piperidine rings is 1. The molecule has 1 atom stereocenters. The quantitative estimate of drug-likeness (QED) is 0.772. The van der Waals surface area contributed by atoms with Gasteiger partial charge in [0, 0.05) is 31.6 Å². The molecule has 1 fully saturated rings. The molecule has 0 radical (unpaired) electrons. The molecule has 0 aromatic heterocycles. The van der Waals surface area contributed by atoms with E-state index in [1.165, 1.54) is 11.0 Å². The molecule has 2 rings (SSSR count). The van der Waals surface area contributed by atoms with Crippen molar-refractivity contribution in [2.75, 3.05) is 13.6 Å². The Morgan fingerprint density at radius 1 is 1.43 bits per heavy atom. The maximum atomic E-state index is 12.5. The number of hydrogen-bond donors (Lipinski definition) is 2. The van der Waals surface area contributed by atoms with Crippen LogP contribution in [0.3, 0.4) is 0 Å². The molecule has 1 aliphatic heterocycles. The second-order valence-corrected chi connectivity index (χ2v) is 7.11. The fourth-order valence-electron chi connectivity index (χ4n) is 2.30. The molecule has 1 amide bonds. The highest BCUT2D eigenvalue weighted by atomic mass is 32.2. The number of thiocarbonyl (C=S) groups is 1. The summed E-state index contributed by atoms with van der Waals surface area (Å²) in [5.41, 5.74) is 5.89. The lowest BCUT2D eigenvalue weighted by Crippen LogP contribution is -2.48. The average molecular weight is 327 g/mol. The zero-order valence-electron chi connectivity index (χ0n) is 11.6. The number of likely N-dealkylation sites (N-methyl/N-ethyl adjacent to an activating group) is 1. The number of rotatable bonds is 4. The zero-order valence-corrected chi connectivity index (χ0v) is 13.2. The normalized spacial score (nSPS) is 19.6. The molecule has 1 aromatic carbocycles. The summed E-state index contributed by atoms with van der Waals surface area (Å²) in [4.78, 5) is 13.1. The van der Waals surface area contributed by atoms with Crippen LogP contribution in [0.4, 0.5) is 0 Å². The van der Waals surface area contributed by atoms with Gasteiger partial charge in [-0.2, -0.15) is 0 Å². The van der Waals surface area contributed by atoms with E-state index in [1.54, 1.807) is 25.2 Å². The maximum absolute atomic E-state index is 12.5. The molecule has 0 saturated carbocycles. The summed E-state index contributed by atoms with van der Waals surface area (Å²) >= 11 is 4.89. The third-order valence-corrected chi connectivity index (χ3v) is 5.19. The molecule has 1 unspecified atom stereocenters. The van der Waals surface area contributed by atoms with Crippen LogP contribution in [0.25, 0.3) is 0 Å². The van der Waals surface area contributed by atoms with Crippen LogP contribution in [0.15, 0.2) is 29.2 Å². The number of sulfonamides is 1. The van der Waals surface area contributed by atoms with E-state index in [0.717, 1.165) is 0 Å². The number of benzene rings is 1. The molecule has 0 aliphatic carbocycles. The minimum atomic E-state index is -3.73. The first kappa shape index (κ1) is 15.9. The topological polar surface area (TPSA) is 92.5 Å². The Morgan fingerprint density at radius 3 is 2.71 bits per heavy atom. The van der Waals surface area contributed by atoms with Crippen LogP contribution < -0.4 is 10.5 Å². The van der Waals surface area contributed by atoms with E-state index in [1.807, 2.05) is 0 Å². The van der Waals surface area contributed by atoms with E-state index >= 15 is 0 Å². The van der Waals surface area contributed by atoms with Gasteiger partial charge >= 0.3 is 0 Å². The highest BCUT2D eigenvalue weighted by Gasteiger charge is 2.28. The fourth-order valence-corrected chi connectivity index (χ4v) is 4.02. The largest absolute Gasteiger partial charge is 0.389 e. The summed E-state index contributed by atoms with van der Waals surface area (Å²) in [6.07, 6.45) is 0.818. The lowest BCUT2D eigenvalue weighted by molar-refractivity contribution is -0.132. The lowest BCUT2D eigenvalue weighted by Gasteiger charge is -2.30. The van der Waals surface area contributed by atoms with Gasteiger partial charge in [0.25, 0.3) is 0 Å². The zero-order chi connectivity index (χ0) is 15.6. The highest BCUT2D eigenvalue weighted by molar-refractivity contribution is 7.89. The molecule has 6 nitrogen and oxygen atoms in total. The molecule has 8 heteroatoms. The van der Waals surface area contributed by atoms with E-state index < -0.39 is 10.0 Å². The number of likely N-dealkylation sites (tertiary alicyclic amines) is 1. The van der Waals surface area contributed by atoms with Gasteiger partial charge in [-0.15, -0.1) is 0 Å². The van der Waals surface area contributed by atoms with Crippen molar-refractivity contribution in [3.8, 4) is 0 Å². The van der Waals surface area contributed by atoms with Gasteiger partial charge in [-0.1, -0.05) is 30.4 Å². The van der Waals surface area contributed by atoms with Gasteiger partial charge in [0.2, 0.25) is 15.9 Å². The first-order chi connectivity index (χ1) is 9.81. The standard InChI is InChI=1S/C13H17N3O3S2/c1-16-8-9(6-7-12(16)17)15-21(18,19)11-5-3-2-4-10(11)13(14)20/h2-5,9,15H,6-8H2,1H3,(H2,14,20). The Bertz CT molecular complexity index is 673. The maximum Gasteiger partial charge on any atom is 0.241 e. The van der Waals surface area contributed by atoms with Crippen molar-refractivity contribution in [1.82, 2.24) is 9.62 Å². The Kier molecular flexibility index (Phi) is 4.60. The number of nitrogens with one attached hydrogen (secondary N) is 1. The second-order valence-electron chi connectivity index (χ2n) is 4.99.